The van der Waals surface area contributed by atoms with E-state index >= 15 is 0 Å². The summed E-state index contributed by atoms with van der Waals surface area (Å²) >= 11 is 0. The van der Waals surface area contributed by atoms with Crippen molar-refractivity contribution >= 4 is 0 Å². The van der Waals surface area contributed by atoms with E-state index in [1.807, 2.05) is 0 Å². The van der Waals surface area contributed by atoms with E-state index in [1.165, 1.54) is 56.9 Å². The molecule has 0 amide bonds. The van der Waals surface area contributed by atoms with Gasteiger partial charge in [0, 0.05) is 0 Å². The lowest BCUT2D eigenvalue weighted by atomic mass is 10.0. The van der Waals surface area contributed by atoms with Gasteiger partial charge in [-0.3, -0.25) is 0 Å². The highest BCUT2D eigenvalue weighted by Gasteiger charge is 1.99. The van der Waals surface area contributed by atoms with Crippen LogP contribution in [0.4, 0.5) is 0 Å². The zero-order chi connectivity index (χ0) is 14.6. The predicted molar refractivity (Wildman–Crippen MR) is 88.6 cm³/mol. The van der Waals surface area contributed by atoms with Crippen LogP contribution in [0.5, 0.6) is 5.75 Å². The quantitative estimate of drug-likeness (QED) is 0.429. The topological polar surface area (TPSA) is 9.23 Å². The van der Waals surface area contributed by atoms with E-state index in [9.17, 15) is 0 Å². The van der Waals surface area contributed by atoms with Crippen LogP contribution < -0.4 is 4.74 Å². The summed E-state index contributed by atoms with van der Waals surface area (Å²) in [5, 5.41) is 0. The van der Waals surface area contributed by atoms with Gasteiger partial charge in [0.05, 0.1) is 6.61 Å². The summed E-state index contributed by atoms with van der Waals surface area (Å²) in [6.07, 6.45) is 10.8. The molecule has 20 heavy (non-hydrogen) atoms. The standard InChI is InChI=1S/C19H32O/c1-4-5-6-7-8-9-10-11-16-20-19-14-12-18(13-15-19)17(2)3/h12-15,17H,4-11,16H2,1-3H3. The van der Waals surface area contributed by atoms with Gasteiger partial charge in [0.1, 0.15) is 5.75 Å². The summed E-state index contributed by atoms with van der Waals surface area (Å²) in [6, 6.07) is 8.54. The molecule has 0 heterocycles. The average Bonchev–Trinajstić information content (AvgIpc) is 2.46. The van der Waals surface area contributed by atoms with Crippen LogP contribution >= 0.6 is 0 Å². The van der Waals surface area contributed by atoms with Gasteiger partial charge in [-0.1, -0.05) is 77.8 Å². The first kappa shape index (κ1) is 17.1. The van der Waals surface area contributed by atoms with E-state index < -0.39 is 0 Å². The molecule has 0 saturated heterocycles. The first-order valence-corrected chi connectivity index (χ1v) is 8.46. The van der Waals surface area contributed by atoms with Crippen molar-refractivity contribution in [2.24, 2.45) is 0 Å². The Hall–Kier alpha value is -0.980. The lowest BCUT2D eigenvalue weighted by molar-refractivity contribution is 0.304. The van der Waals surface area contributed by atoms with E-state index in [0.717, 1.165) is 12.4 Å². The number of hydrogen-bond acceptors (Lipinski definition) is 1. The summed E-state index contributed by atoms with van der Waals surface area (Å²) in [7, 11) is 0. The van der Waals surface area contributed by atoms with Crippen LogP contribution in [0.25, 0.3) is 0 Å². The number of unbranched alkanes of at least 4 members (excludes halogenated alkanes) is 7. The van der Waals surface area contributed by atoms with Gasteiger partial charge in [-0.2, -0.15) is 0 Å². The smallest absolute Gasteiger partial charge is 0.119 e. The van der Waals surface area contributed by atoms with Crippen LogP contribution in [-0.4, -0.2) is 6.61 Å². The van der Waals surface area contributed by atoms with Crippen LogP contribution in [0, 0.1) is 0 Å². The van der Waals surface area contributed by atoms with Crippen LogP contribution in [0.1, 0.15) is 83.6 Å². The first-order valence-electron chi connectivity index (χ1n) is 8.46. The minimum Gasteiger partial charge on any atom is -0.494 e. The van der Waals surface area contributed by atoms with Gasteiger partial charge in [-0.15, -0.1) is 0 Å². The van der Waals surface area contributed by atoms with E-state index in [4.69, 9.17) is 4.74 Å². The summed E-state index contributed by atoms with van der Waals surface area (Å²) in [6.45, 7) is 7.56. The highest BCUT2D eigenvalue weighted by atomic mass is 16.5. The monoisotopic (exact) mass is 276 g/mol. The van der Waals surface area contributed by atoms with Crippen molar-refractivity contribution in [2.75, 3.05) is 6.61 Å². The molecule has 1 aromatic carbocycles. The first-order chi connectivity index (χ1) is 9.74. The normalized spacial score (nSPS) is 11.0. The Balaban J connectivity index is 2.01. The second kappa shape index (κ2) is 10.8. The molecule has 0 N–H and O–H groups in total. The zero-order valence-corrected chi connectivity index (χ0v) is 13.7. The third-order valence-electron chi connectivity index (χ3n) is 3.81. The lowest BCUT2D eigenvalue weighted by Crippen LogP contribution is -1.97. The van der Waals surface area contributed by atoms with Crippen LogP contribution in [0.3, 0.4) is 0 Å². The van der Waals surface area contributed by atoms with E-state index in [0.29, 0.717) is 5.92 Å². The van der Waals surface area contributed by atoms with E-state index in [1.54, 1.807) is 0 Å². The Morgan fingerprint density at radius 3 is 1.90 bits per heavy atom. The molecule has 0 atom stereocenters. The molecule has 1 heteroatoms. The van der Waals surface area contributed by atoms with Gasteiger partial charge in [0.15, 0.2) is 0 Å². The van der Waals surface area contributed by atoms with Gasteiger partial charge in [-0.25, -0.2) is 0 Å². The molecule has 0 spiro atoms. The number of benzene rings is 1. The molecule has 0 unspecified atom stereocenters. The van der Waals surface area contributed by atoms with Gasteiger partial charge < -0.3 is 4.74 Å². The van der Waals surface area contributed by atoms with Gasteiger partial charge >= 0.3 is 0 Å². The van der Waals surface area contributed by atoms with Crippen LogP contribution in [0.15, 0.2) is 24.3 Å². The number of hydrogen-bond donors (Lipinski definition) is 0. The predicted octanol–water partition coefficient (Wildman–Crippen LogP) is 6.33. The Bertz CT molecular complexity index is 326. The molecule has 0 aromatic heterocycles. The summed E-state index contributed by atoms with van der Waals surface area (Å²) in [4.78, 5) is 0. The average molecular weight is 276 g/mol. The van der Waals surface area contributed by atoms with E-state index in [-0.39, 0.29) is 0 Å². The molecule has 0 radical (unpaired) electrons. The molecule has 0 fully saturated rings. The minimum absolute atomic E-state index is 0.594. The van der Waals surface area contributed by atoms with Crippen LogP contribution in [-0.2, 0) is 0 Å². The third kappa shape index (κ3) is 7.57. The maximum atomic E-state index is 5.79. The highest BCUT2D eigenvalue weighted by Crippen LogP contribution is 2.18. The Labute approximate surface area is 125 Å². The van der Waals surface area contributed by atoms with Crippen molar-refractivity contribution in [3.8, 4) is 5.75 Å². The van der Waals surface area contributed by atoms with Crippen LogP contribution in [0.2, 0.25) is 0 Å². The van der Waals surface area contributed by atoms with Gasteiger partial charge in [-0.05, 0) is 30.0 Å². The third-order valence-corrected chi connectivity index (χ3v) is 3.81. The molecule has 0 bridgehead atoms. The van der Waals surface area contributed by atoms with Crippen molar-refractivity contribution in [1.82, 2.24) is 0 Å². The molecule has 1 rings (SSSR count). The second-order valence-corrected chi connectivity index (χ2v) is 6.05. The molecular formula is C19H32O. The van der Waals surface area contributed by atoms with E-state index in [2.05, 4.69) is 45.0 Å². The Morgan fingerprint density at radius 2 is 1.35 bits per heavy atom. The van der Waals surface area contributed by atoms with Crippen molar-refractivity contribution in [2.45, 2.75) is 78.1 Å². The fraction of sp³-hybridized carbons (Fsp3) is 0.684. The highest BCUT2D eigenvalue weighted by molar-refractivity contribution is 5.28. The number of ether oxygens (including phenoxy) is 1. The summed E-state index contributed by atoms with van der Waals surface area (Å²) in [5.74, 6) is 1.61. The minimum atomic E-state index is 0.594. The molecule has 0 aliphatic rings. The van der Waals surface area contributed by atoms with Gasteiger partial charge in [0.2, 0.25) is 0 Å². The molecule has 1 nitrogen and oxygen atoms in total. The second-order valence-electron chi connectivity index (χ2n) is 6.05. The summed E-state index contributed by atoms with van der Waals surface area (Å²) < 4.78 is 5.79. The molecule has 114 valence electrons. The molecule has 0 saturated carbocycles. The SMILES string of the molecule is CCCCCCCCCCOc1ccc(C(C)C)cc1. The van der Waals surface area contributed by atoms with Gasteiger partial charge in [0.25, 0.3) is 0 Å². The Kier molecular flexibility index (Phi) is 9.19. The molecule has 1 aromatic rings. The fourth-order valence-electron chi connectivity index (χ4n) is 2.37. The maximum absolute atomic E-state index is 5.79. The maximum Gasteiger partial charge on any atom is 0.119 e. The van der Waals surface area contributed by atoms with Crippen molar-refractivity contribution < 1.29 is 4.74 Å². The van der Waals surface area contributed by atoms with Crippen molar-refractivity contribution in [1.29, 1.82) is 0 Å². The number of rotatable bonds is 11. The molecule has 0 aliphatic carbocycles. The summed E-state index contributed by atoms with van der Waals surface area (Å²) in [5.41, 5.74) is 1.38. The fourth-order valence-corrected chi connectivity index (χ4v) is 2.37. The molecule has 0 aliphatic heterocycles. The lowest BCUT2D eigenvalue weighted by Gasteiger charge is -2.09. The Morgan fingerprint density at radius 1 is 0.800 bits per heavy atom. The largest absolute Gasteiger partial charge is 0.494 e. The van der Waals surface area contributed by atoms with Crippen molar-refractivity contribution in [3.63, 3.8) is 0 Å². The van der Waals surface area contributed by atoms with Crippen molar-refractivity contribution in [3.05, 3.63) is 29.8 Å². The molecular weight excluding hydrogens is 244 g/mol. The zero-order valence-electron chi connectivity index (χ0n) is 13.7.